The molecule has 0 amide bonds. The summed E-state index contributed by atoms with van der Waals surface area (Å²) in [4.78, 5) is 9.79. The molecule has 0 aliphatic carbocycles. The zero-order valence-corrected chi connectivity index (χ0v) is 14.5. The number of nitrogens with one attached hydrogen (secondary N) is 1. The molecule has 0 aliphatic rings. The molecule has 126 valence electrons. The summed E-state index contributed by atoms with van der Waals surface area (Å²) in [5.41, 5.74) is 4.99. The first kappa shape index (κ1) is 21.1. The fraction of sp³-hybridized carbons (Fsp3) is 0.500. The van der Waals surface area contributed by atoms with Gasteiger partial charge in [-0.05, 0) is 24.5 Å². The highest BCUT2D eigenvalue weighted by Crippen LogP contribution is 2.27. The summed E-state index contributed by atoms with van der Waals surface area (Å²) in [6.45, 7) is 3.97. The van der Waals surface area contributed by atoms with Crippen LogP contribution in [0.2, 0.25) is 5.02 Å². The van der Waals surface area contributed by atoms with Gasteiger partial charge in [0.2, 0.25) is 10.0 Å². The maximum Gasteiger partial charge on any atom is 0.290 e. The molecule has 0 bridgehead atoms. The molecule has 1 unspecified atom stereocenters. The Morgan fingerprint density at radius 3 is 2.45 bits per heavy atom. The molecule has 0 fully saturated rings. The molecule has 7 nitrogen and oxygen atoms in total. The van der Waals surface area contributed by atoms with E-state index in [1.54, 1.807) is 0 Å². The van der Waals surface area contributed by atoms with Crippen molar-refractivity contribution in [3.8, 4) is 0 Å². The van der Waals surface area contributed by atoms with Crippen molar-refractivity contribution in [1.82, 2.24) is 4.72 Å². The number of nitro groups is 1. The van der Waals surface area contributed by atoms with Crippen molar-refractivity contribution < 1.29 is 13.3 Å². The van der Waals surface area contributed by atoms with E-state index >= 15 is 0 Å². The lowest BCUT2D eigenvalue weighted by molar-refractivity contribution is -0.387. The molecule has 1 rings (SSSR count). The fourth-order valence-electron chi connectivity index (χ4n) is 1.90. The molecule has 1 aromatic rings. The van der Waals surface area contributed by atoms with Crippen LogP contribution in [0.25, 0.3) is 0 Å². The smallest absolute Gasteiger partial charge is 0.290 e. The maximum atomic E-state index is 12.3. The van der Waals surface area contributed by atoms with Gasteiger partial charge in [0.05, 0.1) is 4.92 Å². The number of nitro benzene ring substituents is 1. The van der Waals surface area contributed by atoms with Gasteiger partial charge in [-0.1, -0.05) is 25.4 Å². The second-order valence-electron chi connectivity index (χ2n) is 5.05. The van der Waals surface area contributed by atoms with Crippen molar-refractivity contribution in [3.63, 3.8) is 0 Å². The van der Waals surface area contributed by atoms with Crippen LogP contribution in [0, 0.1) is 16.0 Å². The van der Waals surface area contributed by atoms with Crippen LogP contribution in [0.4, 0.5) is 5.69 Å². The monoisotopic (exact) mass is 371 g/mol. The predicted molar refractivity (Wildman–Crippen MR) is 88.0 cm³/mol. The van der Waals surface area contributed by atoms with Gasteiger partial charge in [0.1, 0.15) is 0 Å². The van der Waals surface area contributed by atoms with Crippen molar-refractivity contribution >= 4 is 39.7 Å². The Morgan fingerprint density at radius 2 is 2.00 bits per heavy atom. The third-order valence-corrected chi connectivity index (χ3v) is 4.57. The molecule has 22 heavy (non-hydrogen) atoms. The minimum atomic E-state index is -4.04. The van der Waals surface area contributed by atoms with Gasteiger partial charge in [-0.15, -0.1) is 12.4 Å². The van der Waals surface area contributed by atoms with Crippen LogP contribution >= 0.6 is 24.0 Å². The zero-order chi connectivity index (χ0) is 16.2. The van der Waals surface area contributed by atoms with E-state index in [0.29, 0.717) is 6.42 Å². The highest BCUT2D eigenvalue weighted by Gasteiger charge is 2.28. The molecule has 0 spiro atoms. The predicted octanol–water partition coefficient (Wildman–Crippen LogP) is 2.32. The third kappa shape index (κ3) is 5.69. The molecule has 1 aromatic carbocycles. The molecular formula is C12H19Cl2N3O4S. The van der Waals surface area contributed by atoms with Crippen molar-refractivity contribution in [2.24, 2.45) is 11.7 Å². The van der Waals surface area contributed by atoms with Gasteiger partial charge in [-0.3, -0.25) is 10.1 Å². The molecule has 10 heteroatoms. The summed E-state index contributed by atoms with van der Waals surface area (Å²) in [6.07, 6.45) is 0.539. The molecule has 0 saturated carbocycles. The number of hydrogen-bond donors (Lipinski definition) is 2. The minimum absolute atomic E-state index is 0. The third-order valence-electron chi connectivity index (χ3n) is 2.77. The standard InChI is InChI=1S/C12H18ClN3O4S.ClH/c1-8(2)5-10(7-14)15-21(19,20)12-4-3-9(13)6-11(12)16(17)18;/h3-4,6,8,10,15H,5,7,14H2,1-2H3;1H. The summed E-state index contributed by atoms with van der Waals surface area (Å²) in [5, 5.41) is 11.1. The molecule has 1 atom stereocenters. The largest absolute Gasteiger partial charge is 0.329 e. The van der Waals surface area contributed by atoms with Gasteiger partial charge in [0.25, 0.3) is 5.69 Å². The van der Waals surface area contributed by atoms with Gasteiger partial charge in [-0.2, -0.15) is 0 Å². The zero-order valence-electron chi connectivity index (χ0n) is 12.2. The quantitative estimate of drug-likeness (QED) is 0.563. The molecule has 0 aliphatic heterocycles. The van der Waals surface area contributed by atoms with E-state index in [9.17, 15) is 18.5 Å². The highest BCUT2D eigenvalue weighted by molar-refractivity contribution is 7.89. The van der Waals surface area contributed by atoms with E-state index in [1.807, 2.05) is 13.8 Å². The maximum absolute atomic E-state index is 12.3. The molecule has 0 aromatic heterocycles. The van der Waals surface area contributed by atoms with Gasteiger partial charge >= 0.3 is 0 Å². The lowest BCUT2D eigenvalue weighted by Gasteiger charge is -2.18. The van der Waals surface area contributed by atoms with Crippen molar-refractivity contribution in [2.75, 3.05) is 6.54 Å². The van der Waals surface area contributed by atoms with Crippen molar-refractivity contribution in [1.29, 1.82) is 0 Å². The van der Waals surface area contributed by atoms with Crippen LogP contribution in [-0.2, 0) is 10.0 Å². The van der Waals surface area contributed by atoms with Gasteiger partial charge < -0.3 is 5.73 Å². The number of rotatable bonds is 7. The Kier molecular flexibility index (Phi) is 8.27. The Morgan fingerprint density at radius 1 is 1.41 bits per heavy atom. The van der Waals surface area contributed by atoms with Crippen LogP contribution in [0.15, 0.2) is 23.1 Å². The topological polar surface area (TPSA) is 115 Å². The van der Waals surface area contributed by atoms with Crippen LogP contribution < -0.4 is 10.5 Å². The van der Waals surface area contributed by atoms with Gasteiger partial charge in [0, 0.05) is 23.7 Å². The first-order chi connectivity index (χ1) is 9.67. The number of halogens is 2. The van der Waals surface area contributed by atoms with E-state index in [1.165, 1.54) is 6.07 Å². The molecule has 0 saturated heterocycles. The number of sulfonamides is 1. The van der Waals surface area contributed by atoms with Crippen molar-refractivity contribution in [3.05, 3.63) is 33.3 Å². The Labute approximate surface area is 140 Å². The SMILES string of the molecule is CC(C)CC(CN)NS(=O)(=O)c1ccc(Cl)cc1[N+](=O)[O-].Cl. The molecule has 0 heterocycles. The van der Waals surface area contributed by atoms with Crippen LogP contribution in [0.5, 0.6) is 0 Å². The number of nitrogens with zero attached hydrogens (tertiary/aromatic N) is 1. The number of hydrogen-bond acceptors (Lipinski definition) is 5. The highest BCUT2D eigenvalue weighted by atomic mass is 35.5. The second-order valence-corrected chi connectivity index (χ2v) is 7.17. The summed E-state index contributed by atoms with van der Waals surface area (Å²) in [6, 6.07) is 2.94. The molecular weight excluding hydrogens is 353 g/mol. The van der Waals surface area contributed by atoms with E-state index in [2.05, 4.69) is 4.72 Å². The van der Waals surface area contributed by atoms with Gasteiger partial charge in [-0.25, -0.2) is 13.1 Å². The number of nitrogens with two attached hydrogens (primary N) is 1. The first-order valence-electron chi connectivity index (χ1n) is 6.33. The normalized spacial score (nSPS) is 12.8. The van der Waals surface area contributed by atoms with Crippen LogP contribution in [0.3, 0.4) is 0 Å². The molecule has 0 radical (unpaired) electrons. The average Bonchev–Trinajstić information content (AvgIpc) is 2.36. The van der Waals surface area contributed by atoms with E-state index in [0.717, 1.165) is 12.1 Å². The van der Waals surface area contributed by atoms with E-state index in [-0.39, 0.29) is 29.9 Å². The van der Waals surface area contributed by atoms with E-state index < -0.39 is 31.6 Å². The Bertz CT molecular complexity index is 623. The lowest BCUT2D eigenvalue weighted by Crippen LogP contribution is -2.41. The minimum Gasteiger partial charge on any atom is -0.329 e. The fourth-order valence-corrected chi connectivity index (χ4v) is 3.49. The Balaban J connectivity index is 0.00000441. The summed E-state index contributed by atoms with van der Waals surface area (Å²) in [5.74, 6) is 0.237. The van der Waals surface area contributed by atoms with Gasteiger partial charge in [0.15, 0.2) is 4.90 Å². The van der Waals surface area contributed by atoms with E-state index in [4.69, 9.17) is 17.3 Å². The Hall–Kier alpha value is -0.930. The average molecular weight is 372 g/mol. The van der Waals surface area contributed by atoms with Crippen LogP contribution in [0.1, 0.15) is 20.3 Å². The lowest BCUT2D eigenvalue weighted by atomic mass is 10.1. The molecule has 3 N–H and O–H groups in total. The summed E-state index contributed by atoms with van der Waals surface area (Å²) >= 11 is 5.67. The first-order valence-corrected chi connectivity index (χ1v) is 8.19. The van der Waals surface area contributed by atoms with Crippen LogP contribution in [-0.4, -0.2) is 25.9 Å². The summed E-state index contributed by atoms with van der Waals surface area (Å²) < 4.78 is 27.0. The van der Waals surface area contributed by atoms with Crippen molar-refractivity contribution in [2.45, 2.75) is 31.2 Å². The second kappa shape index (κ2) is 8.64. The summed E-state index contributed by atoms with van der Waals surface area (Å²) in [7, 11) is -4.04. The number of benzene rings is 1.